The molecule has 3 aromatic carbocycles. The van der Waals surface area contributed by atoms with E-state index in [-0.39, 0.29) is 24.1 Å². The van der Waals surface area contributed by atoms with Gasteiger partial charge in [0.05, 0.1) is 5.69 Å². The predicted octanol–water partition coefficient (Wildman–Crippen LogP) is 5.29. The summed E-state index contributed by atoms with van der Waals surface area (Å²) >= 11 is 3.46. The van der Waals surface area contributed by atoms with E-state index >= 15 is 0 Å². The first-order valence-electron chi connectivity index (χ1n) is 13.1. The largest absolute Gasteiger partial charge is 0.449 e. The van der Waals surface area contributed by atoms with Crippen LogP contribution in [0.2, 0.25) is 0 Å². The summed E-state index contributed by atoms with van der Waals surface area (Å²) in [7, 11) is 0. The molecule has 1 saturated heterocycles. The summed E-state index contributed by atoms with van der Waals surface area (Å²) in [6, 6.07) is 25.6. The topological polar surface area (TPSA) is 61.9 Å². The van der Waals surface area contributed by atoms with Crippen molar-refractivity contribution < 1.29 is 14.3 Å². The molecule has 0 aliphatic carbocycles. The van der Waals surface area contributed by atoms with E-state index in [1.165, 1.54) is 23.3 Å². The lowest BCUT2D eigenvalue weighted by Crippen LogP contribution is -2.46. The highest BCUT2D eigenvalue weighted by Crippen LogP contribution is 2.35. The zero-order valence-electron chi connectivity index (χ0n) is 21.3. The number of fused-ring (bicyclic) bond motifs is 1. The number of para-hydroxylation sites is 2. The van der Waals surface area contributed by atoms with Crippen molar-refractivity contribution in [2.24, 2.45) is 5.92 Å². The molecule has 0 unspecified atom stereocenters. The van der Waals surface area contributed by atoms with Crippen LogP contribution in [-0.2, 0) is 16.0 Å². The van der Waals surface area contributed by atoms with E-state index in [1.54, 1.807) is 12.1 Å². The Labute approximate surface area is 232 Å². The van der Waals surface area contributed by atoms with Crippen LogP contribution in [0.25, 0.3) is 6.08 Å². The van der Waals surface area contributed by atoms with Gasteiger partial charge in [-0.3, -0.25) is 14.5 Å². The lowest BCUT2D eigenvalue weighted by atomic mass is 9.90. The Balaban J connectivity index is 1.14. The maximum Gasteiger partial charge on any atom is 0.294 e. The van der Waals surface area contributed by atoms with Gasteiger partial charge in [-0.2, -0.15) is 0 Å². The third-order valence-corrected chi connectivity index (χ3v) is 7.60. The molecule has 2 aliphatic rings. The molecule has 0 aromatic heterocycles. The fourth-order valence-corrected chi connectivity index (χ4v) is 5.50. The molecule has 0 saturated carbocycles. The fourth-order valence-electron chi connectivity index (χ4n) is 5.08. The van der Waals surface area contributed by atoms with Gasteiger partial charge in [-0.25, -0.2) is 0 Å². The molecule has 2 aliphatic heterocycles. The maximum absolute atomic E-state index is 13.3. The number of carbonyl (C=O) groups is 2. The van der Waals surface area contributed by atoms with Crippen LogP contribution in [0.5, 0.6) is 5.75 Å². The molecule has 38 heavy (non-hydrogen) atoms. The van der Waals surface area contributed by atoms with Gasteiger partial charge in [0.2, 0.25) is 5.91 Å². The minimum atomic E-state index is -0.334. The number of ether oxygens (including phenoxy) is 1. The second-order valence-corrected chi connectivity index (χ2v) is 10.8. The predicted molar refractivity (Wildman–Crippen MR) is 154 cm³/mol. The minimum Gasteiger partial charge on any atom is -0.449 e. The van der Waals surface area contributed by atoms with Gasteiger partial charge in [0, 0.05) is 17.6 Å². The van der Waals surface area contributed by atoms with Gasteiger partial charge in [0.1, 0.15) is 6.54 Å². The van der Waals surface area contributed by atoms with Crippen LogP contribution in [0.3, 0.4) is 0 Å². The molecule has 2 heterocycles. The van der Waals surface area contributed by atoms with E-state index in [0.717, 1.165) is 42.0 Å². The van der Waals surface area contributed by atoms with Gasteiger partial charge in [-0.15, -0.1) is 0 Å². The summed E-state index contributed by atoms with van der Waals surface area (Å²) in [6.07, 6.45) is 5.19. The normalized spacial score (nSPS) is 17.2. The van der Waals surface area contributed by atoms with Gasteiger partial charge in [0.15, 0.2) is 11.5 Å². The third-order valence-electron chi connectivity index (χ3n) is 7.10. The Kier molecular flexibility index (Phi) is 8.56. The van der Waals surface area contributed by atoms with E-state index in [9.17, 15) is 9.59 Å². The lowest BCUT2D eigenvalue weighted by molar-refractivity contribution is -0.123. The first kappa shape index (κ1) is 26.2. The Morgan fingerprint density at radius 3 is 2.55 bits per heavy atom. The smallest absolute Gasteiger partial charge is 0.294 e. The molecule has 3 aromatic rings. The van der Waals surface area contributed by atoms with Crippen molar-refractivity contribution in [2.45, 2.75) is 19.3 Å². The van der Waals surface area contributed by atoms with Crippen molar-refractivity contribution in [2.75, 3.05) is 37.6 Å². The number of nitrogens with one attached hydrogen (secondary N) is 1. The zero-order valence-corrected chi connectivity index (χ0v) is 22.9. The number of carbonyl (C=O) groups excluding carboxylic acids is 2. The van der Waals surface area contributed by atoms with Crippen molar-refractivity contribution in [3.8, 4) is 5.75 Å². The van der Waals surface area contributed by atoms with Gasteiger partial charge in [-0.1, -0.05) is 70.5 Å². The number of piperidine rings is 1. The van der Waals surface area contributed by atoms with Gasteiger partial charge in [-0.05, 0) is 79.7 Å². The lowest BCUT2D eigenvalue weighted by Gasteiger charge is -2.32. The average molecular weight is 575 g/mol. The molecular weight excluding hydrogens is 542 g/mol. The standard InChI is InChI=1S/C31H32BrN3O3/c32-26-10-6-9-25(20-26)21-29-31(37)35(27-11-4-5-12-28(27)38-29)22-30(36)33-15-18-34-16-13-24(14-17-34)19-23-7-2-1-3-8-23/h1-12,20-21,24H,13-19,22H2,(H,33,36)/b29-21+. The summed E-state index contributed by atoms with van der Waals surface area (Å²) in [5.41, 5.74) is 2.84. The van der Waals surface area contributed by atoms with Crippen molar-refractivity contribution in [3.05, 3.63) is 100 Å². The van der Waals surface area contributed by atoms with Crippen LogP contribution in [0.1, 0.15) is 24.0 Å². The molecule has 1 fully saturated rings. The Bertz CT molecular complexity index is 1300. The summed E-state index contributed by atoms with van der Waals surface area (Å²) in [4.78, 5) is 30.1. The highest BCUT2D eigenvalue weighted by atomic mass is 79.9. The molecule has 7 heteroatoms. The SMILES string of the molecule is O=C(CN1C(=O)/C(=C\c2cccc(Br)c2)Oc2ccccc21)NCCN1CCC(Cc2ccccc2)CC1. The minimum absolute atomic E-state index is 0.0613. The van der Waals surface area contributed by atoms with Crippen LogP contribution in [0.4, 0.5) is 5.69 Å². The molecule has 0 bridgehead atoms. The quantitative estimate of drug-likeness (QED) is 0.372. The number of benzene rings is 3. The molecule has 0 spiro atoms. The summed E-state index contributed by atoms with van der Waals surface area (Å²) in [6.45, 7) is 3.40. The van der Waals surface area contributed by atoms with Gasteiger partial charge < -0.3 is 15.0 Å². The van der Waals surface area contributed by atoms with Gasteiger partial charge in [0.25, 0.3) is 5.91 Å². The van der Waals surface area contributed by atoms with E-state index in [2.05, 4.69) is 56.5 Å². The number of rotatable bonds is 8. The molecule has 196 valence electrons. The molecular formula is C31H32BrN3O3. The number of hydrogen-bond acceptors (Lipinski definition) is 4. The number of halogens is 1. The first-order chi connectivity index (χ1) is 18.5. The highest BCUT2D eigenvalue weighted by Gasteiger charge is 2.31. The third kappa shape index (κ3) is 6.71. The van der Waals surface area contributed by atoms with Crippen molar-refractivity contribution in [1.82, 2.24) is 10.2 Å². The van der Waals surface area contributed by atoms with Crippen LogP contribution in [-0.4, -0.2) is 49.4 Å². The molecule has 0 atom stereocenters. The molecule has 2 amide bonds. The Hall–Kier alpha value is -3.42. The van der Waals surface area contributed by atoms with E-state index < -0.39 is 0 Å². The number of amides is 2. The van der Waals surface area contributed by atoms with Crippen molar-refractivity contribution in [3.63, 3.8) is 0 Å². The number of hydrogen-bond donors (Lipinski definition) is 1. The first-order valence-corrected chi connectivity index (χ1v) is 13.9. The molecule has 6 nitrogen and oxygen atoms in total. The van der Waals surface area contributed by atoms with E-state index in [1.807, 2.05) is 42.5 Å². The summed E-state index contributed by atoms with van der Waals surface area (Å²) < 4.78 is 6.83. The van der Waals surface area contributed by atoms with Crippen LogP contribution in [0.15, 0.2) is 89.1 Å². The molecule has 1 N–H and O–H groups in total. The molecule has 5 rings (SSSR count). The van der Waals surface area contributed by atoms with Gasteiger partial charge >= 0.3 is 0 Å². The number of likely N-dealkylation sites (tertiary alicyclic amines) is 1. The monoisotopic (exact) mass is 573 g/mol. The van der Waals surface area contributed by atoms with Crippen LogP contribution in [0, 0.1) is 5.92 Å². The maximum atomic E-state index is 13.3. The average Bonchev–Trinajstić information content (AvgIpc) is 2.93. The highest BCUT2D eigenvalue weighted by molar-refractivity contribution is 9.10. The summed E-state index contributed by atoms with van der Waals surface area (Å²) in [5.74, 6) is 0.942. The van der Waals surface area contributed by atoms with E-state index in [4.69, 9.17) is 4.74 Å². The number of anilines is 1. The molecule has 0 radical (unpaired) electrons. The van der Waals surface area contributed by atoms with Crippen molar-refractivity contribution >= 4 is 39.5 Å². The van der Waals surface area contributed by atoms with Crippen LogP contribution >= 0.6 is 15.9 Å². The summed E-state index contributed by atoms with van der Waals surface area (Å²) in [5, 5.41) is 3.01. The van der Waals surface area contributed by atoms with Crippen molar-refractivity contribution in [1.29, 1.82) is 0 Å². The fraction of sp³-hybridized carbons (Fsp3) is 0.290. The Morgan fingerprint density at radius 1 is 1.00 bits per heavy atom. The number of nitrogens with zero attached hydrogens (tertiary/aromatic N) is 2. The second kappa shape index (κ2) is 12.4. The van der Waals surface area contributed by atoms with Crippen LogP contribution < -0.4 is 15.0 Å². The second-order valence-electron chi connectivity index (χ2n) is 9.85. The van der Waals surface area contributed by atoms with E-state index in [0.29, 0.717) is 18.0 Å². The Morgan fingerprint density at radius 2 is 1.76 bits per heavy atom. The zero-order chi connectivity index (χ0) is 26.3.